The zero-order valence-corrected chi connectivity index (χ0v) is 16.3. The van der Waals surface area contributed by atoms with E-state index in [4.69, 9.17) is 10.5 Å². The van der Waals surface area contributed by atoms with Crippen LogP contribution in [0.15, 0.2) is 48.5 Å². The van der Waals surface area contributed by atoms with Crippen LogP contribution in [0.1, 0.15) is 48.5 Å². The molecule has 148 valence electrons. The second-order valence-electron chi connectivity index (χ2n) is 7.32. The van der Waals surface area contributed by atoms with Crippen molar-refractivity contribution in [3.05, 3.63) is 65.2 Å². The first-order valence-corrected chi connectivity index (χ1v) is 9.57. The lowest BCUT2D eigenvalue weighted by atomic mass is 10.0. The Balaban J connectivity index is 1.50. The first-order chi connectivity index (χ1) is 13.4. The van der Waals surface area contributed by atoms with Crippen LogP contribution in [-0.2, 0) is 9.59 Å². The predicted molar refractivity (Wildman–Crippen MR) is 108 cm³/mol. The highest BCUT2D eigenvalue weighted by Crippen LogP contribution is 2.20. The van der Waals surface area contributed by atoms with Crippen molar-refractivity contribution in [1.29, 1.82) is 0 Å². The van der Waals surface area contributed by atoms with Gasteiger partial charge < -0.3 is 21.1 Å². The maximum absolute atomic E-state index is 12.4. The molecule has 1 aliphatic carbocycles. The number of aryl methyl sites for hydroxylation is 1. The van der Waals surface area contributed by atoms with Crippen molar-refractivity contribution in [3.8, 4) is 5.75 Å². The molecule has 2 unspecified atom stereocenters. The van der Waals surface area contributed by atoms with Crippen LogP contribution in [-0.4, -0.2) is 24.5 Å². The summed E-state index contributed by atoms with van der Waals surface area (Å²) in [5.41, 5.74) is 8.91. The molecule has 6 heteroatoms. The summed E-state index contributed by atoms with van der Waals surface area (Å²) in [5.74, 6) is 0.287. The van der Waals surface area contributed by atoms with Crippen molar-refractivity contribution in [2.45, 2.75) is 44.8 Å². The summed E-state index contributed by atoms with van der Waals surface area (Å²) >= 11 is 0. The molecule has 3 rings (SSSR count). The number of nitrogens with two attached hydrogens (primary N) is 1. The topological polar surface area (TPSA) is 93.5 Å². The van der Waals surface area contributed by atoms with E-state index in [2.05, 4.69) is 10.6 Å². The fourth-order valence-corrected chi connectivity index (χ4v) is 2.81. The highest BCUT2D eigenvalue weighted by Gasteiger charge is 2.23. The summed E-state index contributed by atoms with van der Waals surface area (Å²) in [6.45, 7) is 3.90. The van der Waals surface area contributed by atoms with Gasteiger partial charge in [-0.1, -0.05) is 42.0 Å². The molecule has 0 spiro atoms. The van der Waals surface area contributed by atoms with Crippen molar-refractivity contribution in [2.75, 3.05) is 6.61 Å². The lowest BCUT2D eigenvalue weighted by molar-refractivity contribution is -0.124. The smallest absolute Gasteiger partial charge is 0.258 e. The molecular formula is C22H27N3O3. The molecule has 6 nitrogen and oxygen atoms in total. The molecule has 0 bridgehead atoms. The van der Waals surface area contributed by atoms with Crippen molar-refractivity contribution in [1.82, 2.24) is 10.6 Å². The minimum Gasteiger partial charge on any atom is -0.484 e. The minimum atomic E-state index is -0.712. The molecule has 0 radical (unpaired) electrons. The molecule has 1 saturated carbocycles. The molecule has 0 heterocycles. The van der Waals surface area contributed by atoms with Gasteiger partial charge in [0.2, 0.25) is 5.91 Å². The predicted octanol–water partition coefficient (Wildman–Crippen LogP) is 2.53. The standard InChI is InChI=1S/C22H27N3O3/c1-14-3-5-17(6-4-14)21(23)22(27)24-15(2)16-7-11-19(12-8-16)28-13-20(26)25-18-9-10-18/h3-8,11-12,15,18,21H,9-10,13,23H2,1-2H3,(H,24,27)(H,25,26). The molecule has 2 aromatic carbocycles. The number of carbonyl (C=O) groups excluding carboxylic acids is 2. The third-order valence-electron chi connectivity index (χ3n) is 4.77. The summed E-state index contributed by atoms with van der Waals surface area (Å²) in [4.78, 5) is 24.1. The van der Waals surface area contributed by atoms with Gasteiger partial charge in [-0.3, -0.25) is 9.59 Å². The van der Waals surface area contributed by atoms with Gasteiger partial charge in [-0.2, -0.15) is 0 Å². The number of hydrogen-bond donors (Lipinski definition) is 3. The number of nitrogens with one attached hydrogen (secondary N) is 2. The van der Waals surface area contributed by atoms with E-state index in [1.54, 1.807) is 12.1 Å². The first-order valence-electron chi connectivity index (χ1n) is 9.57. The van der Waals surface area contributed by atoms with Gasteiger partial charge in [0, 0.05) is 6.04 Å². The van der Waals surface area contributed by atoms with Crippen molar-refractivity contribution in [3.63, 3.8) is 0 Å². The average molecular weight is 381 g/mol. The summed E-state index contributed by atoms with van der Waals surface area (Å²) in [6, 6.07) is 14.4. The Morgan fingerprint density at radius 2 is 1.68 bits per heavy atom. The second kappa shape index (κ2) is 8.89. The SMILES string of the molecule is Cc1ccc(C(N)C(=O)NC(C)c2ccc(OCC(=O)NC3CC3)cc2)cc1. The molecule has 28 heavy (non-hydrogen) atoms. The van der Waals surface area contributed by atoms with Gasteiger partial charge in [-0.15, -0.1) is 0 Å². The number of hydrogen-bond acceptors (Lipinski definition) is 4. The Kier molecular flexibility index (Phi) is 6.31. The molecule has 0 aliphatic heterocycles. The fraction of sp³-hybridized carbons (Fsp3) is 0.364. The summed E-state index contributed by atoms with van der Waals surface area (Å²) in [7, 11) is 0. The molecule has 2 amide bonds. The molecular weight excluding hydrogens is 354 g/mol. The molecule has 1 aliphatic rings. The van der Waals surface area contributed by atoms with Crippen LogP contribution in [0.2, 0.25) is 0 Å². The molecule has 2 aromatic rings. The van der Waals surface area contributed by atoms with E-state index in [0.717, 1.165) is 29.5 Å². The van der Waals surface area contributed by atoms with Crippen LogP contribution < -0.4 is 21.1 Å². The molecule has 0 aromatic heterocycles. The van der Waals surface area contributed by atoms with Crippen LogP contribution in [0.4, 0.5) is 0 Å². The average Bonchev–Trinajstić information content (AvgIpc) is 3.50. The Morgan fingerprint density at radius 1 is 1.07 bits per heavy atom. The van der Waals surface area contributed by atoms with Crippen LogP contribution in [0.3, 0.4) is 0 Å². The van der Waals surface area contributed by atoms with E-state index in [-0.39, 0.29) is 24.5 Å². The van der Waals surface area contributed by atoms with Gasteiger partial charge in [0.05, 0.1) is 6.04 Å². The highest BCUT2D eigenvalue weighted by atomic mass is 16.5. The number of carbonyl (C=O) groups is 2. The summed E-state index contributed by atoms with van der Waals surface area (Å²) < 4.78 is 5.50. The Morgan fingerprint density at radius 3 is 2.29 bits per heavy atom. The Labute approximate surface area is 165 Å². The molecule has 1 fully saturated rings. The van der Waals surface area contributed by atoms with E-state index in [9.17, 15) is 9.59 Å². The number of amides is 2. The van der Waals surface area contributed by atoms with Crippen molar-refractivity contribution in [2.24, 2.45) is 5.73 Å². The minimum absolute atomic E-state index is 0.00748. The second-order valence-corrected chi connectivity index (χ2v) is 7.32. The van der Waals surface area contributed by atoms with E-state index in [0.29, 0.717) is 11.8 Å². The van der Waals surface area contributed by atoms with E-state index in [1.165, 1.54) is 0 Å². The zero-order valence-electron chi connectivity index (χ0n) is 16.3. The maximum atomic E-state index is 12.4. The summed E-state index contributed by atoms with van der Waals surface area (Å²) in [5, 5.41) is 5.82. The van der Waals surface area contributed by atoms with Gasteiger partial charge in [0.15, 0.2) is 6.61 Å². The van der Waals surface area contributed by atoms with Crippen LogP contribution in [0, 0.1) is 6.92 Å². The molecule has 0 saturated heterocycles. The zero-order chi connectivity index (χ0) is 20.1. The Bertz CT molecular complexity index is 814. The van der Waals surface area contributed by atoms with Crippen LogP contribution in [0.25, 0.3) is 0 Å². The number of rotatable bonds is 8. The monoisotopic (exact) mass is 381 g/mol. The maximum Gasteiger partial charge on any atom is 0.258 e. The lowest BCUT2D eigenvalue weighted by Crippen LogP contribution is -2.35. The van der Waals surface area contributed by atoms with Gasteiger partial charge in [0.1, 0.15) is 11.8 Å². The van der Waals surface area contributed by atoms with E-state index in [1.807, 2.05) is 50.2 Å². The lowest BCUT2D eigenvalue weighted by Gasteiger charge is -2.18. The molecule has 4 N–H and O–H groups in total. The van der Waals surface area contributed by atoms with Gasteiger partial charge in [-0.05, 0) is 49.9 Å². The third-order valence-corrected chi connectivity index (χ3v) is 4.77. The normalized spacial score (nSPS) is 15.4. The van der Waals surface area contributed by atoms with E-state index < -0.39 is 6.04 Å². The van der Waals surface area contributed by atoms with Gasteiger partial charge in [0.25, 0.3) is 5.91 Å². The van der Waals surface area contributed by atoms with Crippen molar-refractivity contribution < 1.29 is 14.3 Å². The van der Waals surface area contributed by atoms with Gasteiger partial charge >= 0.3 is 0 Å². The van der Waals surface area contributed by atoms with Crippen LogP contribution in [0.5, 0.6) is 5.75 Å². The van der Waals surface area contributed by atoms with E-state index >= 15 is 0 Å². The first kappa shape index (κ1) is 19.9. The van der Waals surface area contributed by atoms with Crippen LogP contribution >= 0.6 is 0 Å². The number of benzene rings is 2. The third kappa shape index (κ3) is 5.57. The largest absolute Gasteiger partial charge is 0.484 e. The quantitative estimate of drug-likeness (QED) is 0.655. The Hall–Kier alpha value is -2.86. The molecule has 2 atom stereocenters. The summed E-state index contributed by atoms with van der Waals surface area (Å²) in [6.07, 6.45) is 2.11. The van der Waals surface area contributed by atoms with Crippen molar-refractivity contribution >= 4 is 11.8 Å². The highest BCUT2D eigenvalue weighted by molar-refractivity contribution is 5.83. The number of ether oxygens (including phenoxy) is 1. The fourth-order valence-electron chi connectivity index (χ4n) is 2.81. The van der Waals surface area contributed by atoms with Gasteiger partial charge in [-0.25, -0.2) is 0 Å².